The molecule has 2 heterocycles. The predicted octanol–water partition coefficient (Wildman–Crippen LogP) is 2.56. The van der Waals surface area contributed by atoms with Crippen LogP contribution in [-0.4, -0.2) is 41.1 Å². The molecule has 10 heteroatoms. The third-order valence-corrected chi connectivity index (χ3v) is 5.36. The van der Waals surface area contributed by atoms with Crippen LogP contribution in [0, 0.1) is 5.82 Å². The lowest BCUT2D eigenvalue weighted by Gasteiger charge is -2.12. The second-order valence-corrected chi connectivity index (χ2v) is 7.59. The smallest absolute Gasteiger partial charge is 0.270 e. The molecule has 0 spiro atoms. The van der Waals surface area contributed by atoms with Crippen molar-refractivity contribution in [3.05, 3.63) is 88.8 Å². The quantitative estimate of drug-likeness (QED) is 0.528. The summed E-state index contributed by atoms with van der Waals surface area (Å²) in [6.45, 7) is 0.308. The van der Waals surface area contributed by atoms with Crippen LogP contribution >= 0.6 is 0 Å². The van der Waals surface area contributed by atoms with Crippen molar-refractivity contribution in [2.45, 2.75) is 18.9 Å². The molecule has 9 nitrogen and oxygen atoms in total. The summed E-state index contributed by atoms with van der Waals surface area (Å²) in [4.78, 5) is 36.9. The fourth-order valence-electron chi connectivity index (χ4n) is 3.60. The lowest BCUT2D eigenvalue weighted by atomic mass is 9.96. The van der Waals surface area contributed by atoms with Crippen LogP contribution in [-0.2, 0) is 11.3 Å². The van der Waals surface area contributed by atoms with Gasteiger partial charge in [0.1, 0.15) is 12.0 Å². The van der Waals surface area contributed by atoms with E-state index in [2.05, 4.69) is 20.4 Å². The Hall–Kier alpha value is -4.34. The van der Waals surface area contributed by atoms with Gasteiger partial charge in [0.05, 0.1) is 12.8 Å². The number of halogens is 1. The minimum absolute atomic E-state index is 0.0662. The lowest BCUT2D eigenvalue weighted by Crippen LogP contribution is -2.26. The van der Waals surface area contributed by atoms with Gasteiger partial charge in [0.25, 0.3) is 5.91 Å². The van der Waals surface area contributed by atoms with Crippen LogP contribution in [0.3, 0.4) is 0 Å². The predicted molar refractivity (Wildman–Crippen MR) is 121 cm³/mol. The van der Waals surface area contributed by atoms with Gasteiger partial charge in [-0.25, -0.2) is 14.4 Å². The summed E-state index contributed by atoms with van der Waals surface area (Å²) in [5, 5.41) is 6.86. The van der Waals surface area contributed by atoms with Gasteiger partial charge in [0, 0.05) is 30.3 Å². The van der Waals surface area contributed by atoms with E-state index in [4.69, 9.17) is 15.3 Å². The number of carbonyl (C=O) groups excluding carboxylic acids is 2. The summed E-state index contributed by atoms with van der Waals surface area (Å²) in [7, 11) is 1.38. The van der Waals surface area contributed by atoms with Crippen molar-refractivity contribution < 1.29 is 23.6 Å². The number of carbonyl (C=O) groups is 2. The molecule has 1 atom stereocenters. The van der Waals surface area contributed by atoms with Crippen molar-refractivity contribution in [1.82, 2.24) is 15.3 Å². The summed E-state index contributed by atoms with van der Waals surface area (Å²) >= 11 is 0. The van der Waals surface area contributed by atoms with E-state index in [1.165, 1.54) is 25.7 Å². The average Bonchev–Trinajstić information content (AvgIpc) is 3.35. The molecule has 4 rings (SSSR count). The fourth-order valence-corrected chi connectivity index (χ4v) is 3.60. The maximum atomic E-state index is 15.1. The Balaban J connectivity index is 1.48. The number of rotatable bonds is 8. The number of hydrogen-bond acceptors (Lipinski definition) is 7. The van der Waals surface area contributed by atoms with Crippen LogP contribution in [0.5, 0.6) is 5.75 Å². The molecule has 0 fully saturated rings. The first-order valence-electron chi connectivity index (χ1n) is 10.5. The summed E-state index contributed by atoms with van der Waals surface area (Å²) in [5.74, 6) is -1.36. The average molecular weight is 463 g/mol. The molecule has 2 amide bonds. The summed E-state index contributed by atoms with van der Waals surface area (Å²) in [6.07, 6.45) is 3.04. The molecule has 0 aliphatic carbocycles. The number of primary amides is 1. The van der Waals surface area contributed by atoms with Gasteiger partial charge in [-0.1, -0.05) is 17.3 Å². The third-order valence-electron chi connectivity index (χ3n) is 5.36. The zero-order valence-corrected chi connectivity index (χ0v) is 18.3. The van der Waals surface area contributed by atoms with Gasteiger partial charge in [0.2, 0.25) is 5.91 Å². The highest BCUT2D eigenvalue weighted by atomic mass is 19.1. The summed E-state index contributed by atoms with van der Waals surface area (Å²) in [5.41, 5.74) is 8.10. The first-order chi connectivity index (χ1) is 16.5. The molecule has 1 unspecified atom stereocenters. The van der Waals surface area contributed by atoms with E-state index in [0.29, 0.717) is 36.2 Å². The molecule has 3 N–H and O–H groups in total. The number of hydrogen-bond donors (Lipinski definition) is 2. The molecule has 0 saturated heterocycles. The largest absolute Gasteiger partial charge is 0.494 e. The van der Waals surface area contributed by atoms with E-state index in [9.17, 15) is 9.59 Å². The number of nitrogens with two attached hydrogens (primary N) is 1. The Morgan fingerprint density at radius 1 is 1.26 bits per heavy atom. The Labute approximate surface area is 194 Å². The number of oxime groups is 1. The molecular formula is C24H22FN5O4. The fraction of sp³-hybridized carbons (Fsp3) is 0.208. The van der Waals surface area contributed by atoms with Crippen molar-refractivity contribution in [2.24, 2.45) is 10.9 Å². The molecule has 174 valence electrons. The highest BCUT2D eigenvalue weighted by molar-refractivity contribution is 6.02. The molecule has 0 bridgehead atoms. The molecule has 1 aromatic heterocycles. The van der Waals surface area contributed by atoms with E-state index in [1.54, 1.807) is 36.4 Å². The van der Waals surface area contributed by atoms with E-state index >= 15 is 4.39 Å². The number of ether oxygens (including phenoxy) is 1. The zero-order chi connectivity index (χ0) is 24.1. The topological polar surface area (TPSA) is 129 Å². The van der Waals surface area contributed by atoms with Gasteiger partial charge in [-0.2, -0.15) is 0 Å². The Kier molecular flexibility index (Phi) is 6.77. The van der Waals surface area contributed by atoms with Gasteiger partial charge < -0.3 is 20.6 Å². The van der Waals surface area contributed by atoms with Crippen molar-refractivity contribution in [2.75, 3.05) is 13.7 Å². The number of aromatic nitrogens is 2. The van der Waals surface area contributed by atoms with Crippen molar-refractivity contribution in [3.63, 3.8) is 0 Å². The molecule has 34 heavy (non-hydrogen) atoms. The maximum absolute atomic E-state index is 15.1. The Morgan fingerprint density at radius 2 is 2.12 bits per heavy atom. The minimum atomic E-state index is -0.551. The number of amides is 2. The van der Waals surface area contributed by atoms with E-state index in [1.807, 2.05) is 0 Å². The van der Waals surface area contributed by atoms with Gasteiger partial charge >= 0.3 is 0 Å². The molecule has 1 aliphatic heterocycles. The number of nitrogens with one attached hydrogen (secondary N) is 1. The molecule has 3 aromatic rings. The first kappa shape index (κ1) is 22.8. The highest BCUT2D eigenvalue weighted by Crippen LogP contribution is 2.33. The van der Waals surface area contributed by atoms with E-state index in [-0.39, 0.29) is 22.9 Å². The number of nitrogens with zero attached hydrogens (tertiary/aromatic N) is 3. The lowest BCUT2D eigenvalue weighted by molar-refractivity contribution is 0.0855. The normalized spacial score (nSPS) is 14.8. The van der Waals surface area contributed by atoms with Crippen LogP contribution in [0.25, 0.3) is 0 Å². The minimum Gasteiger partial charge on any atom is -0.494 e. The second kappa shape index (κ2) is 10.1. The van der Waals surface area contributed by atoms with Gasteiger partial charge in [0.15, 0.2) is 17.7 Å². The standard InChI is InChI=1S/C24H22FN5O4/c1-33-21-10-14(5-8-28-24(32)18-6-7-27-13-29-18)9-17(22(21)25)19-12-20(34-30-19)15-3-2-4-16(11-15)23(26)31/h2-4,6-7,9-11,13,20H,5,8,12H2,1H3,(H2,26,31)(H,28,32). The number of methoxy groups -OCH3 is 1. The molecule has 0 radical (unpaired) electrons. The van der Waals surface area contributed by atoms with Gasteiger partial charge in [-0.05, 0) is 47.9 Å². The van der Waals surface area contributed by atoms with Gasteiger partial charge in [-0.15, -0.1) is 0 Å². The van der Waals surface area contributed by atoms with Crippen LogP contribution < -0.4 is 15.8 Å². The molecule has 0 saturated carbocycles. The second-order valence-electron chi connectivity index (χ2n) is 7.59. The SMILES string of the molecule is COc1cc(CCNC(=O)c2ccncn2)cc(C2=NOC(c3cccc(C(N)=O)c3)C2)c1F. The van der Waals surface area contributed by atoms with Crippen molar-refractivity contribution >= 4 is 17.5 Å². The molecular weight excluding hydrogens is 441 g/mol. The highest BCUT2D eigenvalue weighted by Gasteiger charge is 2.27. The van der Waals surface area contributed by atoms with Crippen LogP contribution in [0.4, 0.5) is 4.39 Å². The van der Waals surface area contributed by atoms with Gasteiger partial charge in [-0.3, -0.25) is 9.59 Å². The Morgan fingerprint density at radius 3 is 2.85 bits per heavy atom. The first-order valence-corrected chi connectivity index (χ1v) is 10.5. The van der Waals surface area contributed by atoms with Crippen LogP contribution in [0.2, 0.25) is 0 Å². The Bertz CT molecular complexity index is 1250. The van der Waals surface area contributed by atoms with E-state index < -0.39 is 17.8 Å². The monoisotopic (exact) mass is 463 g/mol. The van der Waals surface area contributed by atoms with Crippen LogP contribution in [0.1, 0.15) is 50.1 Å². The van der Waals surface area contributed by atoms with E-state index in [0.717, 1.165) is 5.56 Å². The zero-order valence-electron chi connectivity index (χ0n) is 18.3. The maximum Gasteiger partial charge on any atom is 0.270 e. The third kappa shape index (κ3) is 5.01. The van der Waals surface area contributed by atoms with Crippen LogP contribution in [0.15, 0.2) is 60.1 Å². The van der Waals surface area contributed by atoms with Crippen molar-refractivity contribution in [1.29, 1.82) is 0 Å². The summed E-state index contributed by atoms with van der Waals surface area (Å²) in [6, 6.07) is 11.5. The molecule has 2 aromatic carbocycles. The molecule has 1 aliphatic rings. The summed E-state index contributed by atoms with van der Waals surface area (Å²) < 4.78 is 20.3. The van der Waals surface area contributed by atoms with Crippen molar-refractivity contribution in [3.8, 4) is 5.75 Å². The number of benzene rings is 2.